The standard InChI is InChI=1S/C24H42.C2H6/c1-6-17-11-13-23(4)18(15-17)7-8-19-21-10-9-20(16(2)3)24(21,5)14-12-22(19)23;1-2/h16-22H,6-15H2,1-5H3;1-2H3. The summed E-state index contributed by atoms with van der Waals surface area (Å²) in [5.74, 6) is 7.21. The first-order valence-corrected chi connectivity index (χ1v) is 12.4. The molecule has 0 bridgehead atoms. The van der Waals surface area contributed by atoms with Gasteiger partial charge in [0.2, 0.25) is 0 Å². The summed E-state index contributed by atoms with van der Waals surface area (Å²) in [4.78, 5) is 0. The summed E-state index contributed by atoms with van der Waals surface area (Å²) in [7, 11) is 0. The topological polar surface area (TPSA) is 0 Å². The van der Waals surface area contributed by atoms with Crippen molar-refractivity contribution in [2.24, 2.45) is 52.3 Å². The molecule has 0 amide bonds. The highest BCUT2D eigenvalue weighted by molar-refractivity contribution is 5.09. The molecule has 4 saturated carbocycles. The van der Waals surface area contributed by atoms with E-state index in [1.54, 1.807) is 44.9 Å². The van der Waals surface area contributed by atoms with Crippen LogP contribution in [0.25, 0.3) is 0 Å². The molecule has 4 aliphatic carbocycles. The first kappa shape index (κ1) is 20.7. The average Bonchev–Trinajstić information content (AvgIpc) is 3.00. The van der Waals surface area contributed by atoms with Gasteiger partial charge in [-0.3, -0.25) is 0 Å². The first-order valence-electron chi connectivity index (χ1n) is 12.4. The Bertz CT molecular complexity index is 465. The zero-order chi connectivity index (χ0) is 19.1. The van der Waals surface area contributed by atoms with Crippen LogP contribution in [0.1, 0.15) is 113 Å². The van der Waals surface area contributed by atoms with Crippen LogP contribution in [-0.2, 0) is 0 Å². The molecule has 0 heterocycles. The lowest BCUT2D eigenvalue weighted by Gasteiger charge is -2.61. The molecule has 0 heteroatoms. The van der Waals surface area contributed by atoms with Gasteiger partial charge in [-0.05, 0) is 110 Å². The first-order chi connectivity index (χ1) is 12.4. The average molecular weight is 361 g/mol. The molecule has 0 aliphatic heterocycles. The van der Waals surface area contributed by atoms with Crippen molar-refractivity contribution >= 4 is 0 Å². The van der Waals surface area contributed by atoms with Crippen molar-refractivity contribution in [1.29, 1.82) is 0 Å². The Kier molecular flexibility index (Phi) is 6.21. The molecule has 0 aromatic rings. The number of hydrogen-bond donors (Lipinski definition) is 0. The maximum atomic E-state index is 2.73. The summed E-state index contributed by atoms with van der Waals surface area (Å²) < 4.78 is 0. The summed E-state index contributed by atoms with van der Waals surface area (Å²) in [5, 5.41) is 0. The van der Waals surface area contributed by atoms with Crippen LogP contribution in [0.2, 0.25) is 0 Å². The van der Waals surface area contributed by atoms with E-state index in [2.05, 4.69) is 34.6 Å². The minimum atomic E-state index is 0.680. The fourth-order valence-electron chi connectivity index (χ4n) is 8.85. The number of rotatable bonds is 2. The van der Waals surface area contributed by atoms with Crippen LogP contribution in [-0.4, -0.2) is 0 Å². The van der Waals surface area contributed by atoms with E-state index in [-0.39, 0.29) is 0 Å². The highest BCUT2D eigenvalue weighted by Gasteiger charge is 2.60. The second kappa shape index (κ2) is 7.79. The molecule has 0 spiro atoms. The Morgan fingerprint density at radius 1 is 0.808 bits per heavy atom. The Morgan fingerprint density at radius 2 is 1.46 bits per heavy atom. The molecular weight excluding hydrogens is 312 g/mol. The molecule has 4 rings (SSSR count). The van der Waals surface area contributed by atoms with Crippen molar-refractivity contribution in [2.75, 3.05) is 0 Å². The predicted octanol–water partition coefficient (Wildman–Crippen LogP) is 8.35. The van der Waals surface area contributed by atoms with Crippen LogP contribution in [0, 0.1) is 52.3 Å². The van der Waals surface area contributed by atoms with E-state index in [1.807, 2.05) is 13.8 Å². The maximum absolute atomic E-state index is 2.73. The predicted molar refractivity (Wildman–Crippen MR) is 115 cm³/mol. The minimum absolute atomic E-state index is 0.680. The lowest BCUT2D eigenvalue weighted by atomic mass is 9.44. The zero-order valence-electron chi connectivity index (χ0n) is 19.1. The second-order valence-electron chi connectivity index (χ2n) is 11.2. The van der Waals surface area contributed by atoms with Crippen molar-refractivity contribution in [1.82, 2.24) is 0 Å². The highest BCUT2D eigenvalue weighted by Crippen LogP contribution is 2.68. The number of fused-ring (bicyclic) bond motifs is 5. The van der Waals surface area contributed by atoms with Gasteiger partial charge in [0.15, 0.2) is 0 Å². The van der Waals surface area contributed by atoms with Gasteiger partial charge in [-0.2, -0.15) is 0 Å². The van der Waals surface area contributed by atoms with Gasteiger partial charge in [0.05, 0.1) is 0 Å². The Morgan fingerprint density at radius 3 is 2.12 bits per heavy atom. The van der Waals surface area contributed by atoms with E-state index >= 15 is 0 Å². The van der Waals surface area contributed by atoms with Crippen molar-refractivity contribution < 1.29 is 0 Å². The molecule has 0 N–H and O–H groups in total. The second-order valence-corrected chi connectivity index (χ2v) is 11.2. The quantitative estimate of drug-likeness (QED) is 0.464. The van der Waals surface area contributed by atoms with Gasteiger partial charge in [-0.1, -0.05) is 54.9 Å². The molecule has 0 aromatic heterocycles. The van der Waals surface area contributed by atoms with Crippen molar-refractivity contribution in [3.8, 4) is 0 Å². The molecule has 8 unspecified atom stereocenters. The molecule has 4 fully saturated rings. The Balaban J connectivity index is 0.000000948. The Labute approximate surface area is 165 Å². The smallest absolute Gasteiger partial charge is 0.0264 e. The van der Waals surface area contributed by atoms with Crippen molar-refractivity contribution in [2.45, 2.75) is 113 Å². The van der Waals surface area contributed by atoms with Crippen LogP contribution in [0.15, 0.2) is 0 Å². The molecule has 0 aromatic carbocycles. The van der Waals surface area contributed by atoms with E-state index < -0.39 is 0 Å². The largest absolute Gasteiger partial charge is 0.0683 e. The third-order valence-electron chi connectivity index (χ3n) is 10.2. The molecule has 4 aliphatic rings. The van der Waals surface area contributed by atoms with Crippen LogP contribution in [0.3, 0.4) is 0 Å². The van der Waals surface area contributed by atoms with Crippen molar-refractivity contribution in [3.63, 3.8) is 0 Å². The Hall–Kier alpha value is 0. The minimum Gasteiger partial charge on any atom is -0.0683 e. The molecule has 26 heavy (non-hydrogen) atoms. The molecular formula is C26H48. The maximum Gasteiger partial charge on any atom is -0.0264 e. The van der Waals surface area contributed by atoms with E-state index in [1.165, 1.54) is 19.3 Å². The summed E-state index contributed by atoms with van der Waals surface area (Å²) >= 11 is 0. The normalized spacial score (nSPS) is 50.3. The lowest BCUT2D eigenvalue weighted by molar-refractivity contribution is -0.120. The fraction of sp³-hybridized carbons (Fsp3) is 1.00. The van der Waals surface area contributed by atoms with Crippen LogP contribution in [0.5, 0.6) is 0 Å². The van der Waals surface area contributed by atoms with Crippen LogP contribution in [0.4, 0.5) is 0 Å². The van der Waals surface area contributed by atoms with E-state index in [0.717, 1.165) is 41.4 Å². The molecule has 152 valence electrons. The molecule has 0 radical (unpaired) electrons. The third kappa shape index (κ3) is 3.10. The van der Waals surface area contributed by atoms with Gasteiger partial charge < -0.3 is 0 Å². The van der Waals surface area contributed by atoms with Gasteiger partial charge in [0.1, 0.15) is 0 Å². The molecule has 8 atom stereocenters. The van der Waals surface area contributed by atoms with Gasteiger partial charge in [-0.15, -0.1) is 0 Å². The number of hydrogen-bond acceptors (Lipinski definition) is 0. The van der Waals surface area contributed by atoms with Gasteiger partial charge in [0.25, 0.3) is 0 Å². The lowest BCUT2D eigenvalue weighted by Crippen LogP contribution is -2.53. The third-order valence-corrected chi connectivity index (χ3v) is 10.2. The van der Waals surface area contributed by atoms with Gasteiger partial charge >= 0.3 is 0 Å². The summed E-state index contributed by atoms with van der Waals surface area (Å²) in [6.45, 7) is 16.9. The SMILES string of the molecule is CC.CCC1CCC2(C)C(CCC3C2CCC2(C)C(C(C)C)CCC32)C1. The van der Waals surface area contributed by atoms with E-state index in [9.17, 15) is 0 Å². The van der Waals surface area contributed by atoms with Crippen LogP contribution < -0.4 is 0 Å². The monoisotopic (exact) mass is 360 g/mol. The highest BCUT2D eigenvalue weighted by atomic mass is 14.6. The summed E-state index contributed by atoms with van der Waals surface area (Å²) in [6.07, 6.45) is 15.4. The van der Waals surface area contributed by atoms with E-state index in [0.29, 0.717) is 10.8 Å². The van der Waals surface area contributed by atoms with E-state index in [4.69, 9.17) is 0 Å². The van der Waals surface area contributed by atoms with Crippen LogP contribution >= 0.6 is 0 Å². The van der Waals surface area contributed by atoms with Gasteiger partial charge in [0, 0.05) is 0 Å². The zero-order valence-corrected chi connectivity index (χ0v) is 19.1. The molecule has 0 nitrogen and oxygen atoms in total. The summed E-state index contributed by atoms with van der Waals surface area (Å²) in [6, 6.07) is 0. The fourth-order valence-corrected chi connectivity index (χ4v) is 8.85. The molecule has 0 saturated heterocycles. The summed E-state index contributed by atoms with van der Waals surface area (Å²) in [5.41, 5.74) is 1.38. The van der Waals surface area contributed by atoms with Crippen molar-refractivity contribution in [3.05, 3.63) is 0 Å². The van der Waals surface area contributed by atoms with Gasteiger partial charge in [-0.25, -0.2) is 0 Å².